The summed E-state index contributed by atoms with van der Waals surface area (Å²) in [7, 11) is 0. The van der Waals surface area contributed by atoms with Crippen molar-refractivity contribution in [3.05, 3.63) is 35.5 Å². The Hall–Kier alpha value is -2.68. The van der Waals surface area contributed by atoms with Gasteiger partial charge in [-0.1, -0.05) is 6.07 Å². The second kappa shape index (κ2) is 7.26. The van der Waals surface area contributed by atoms with Crippen LogP contribution in [0.1, 0.15) is 23.3 Å². The summed E-state index contributed by atoms with van der Waals surface area (Å²) in [6, 6.07) is 4.83. The van der Waals surface area contributed by atoms with Crippen molar-refractivity contribution in [2.75, 3.05) is 18.5 Å². The predicted octanol–water partition coefficient (Wildman–Crippen LogP) is 1.98. The van der Waals surface area contributed by atoms with Gasteiger partial charge >= 0.3 is 12.0 Å². The van der Waals surface area contributed by atoms with E-state index in [4.69, 9.17) is 10.5 Å². The smallest absolute Gasteiger partial charge is 0.357 e. The maximum absolute atomic E-state index is 12.1. The second-order valence-corrected chi connectivity index (χ2v) is 6.16. The Morgan fingerprint density at radius 1 is 1.46 bits per heavy atom. The predicted molar refractivity (Wildman–Crippen MR) is 89.2 cm³/mol. The number of likely N-dealkylation sites (tertiary alicyclic amines) is 1. The molecule has 0 saturated carbocycles. The number of hydrogen-bond acceptors (Lipinski definition) is 7. The van der Waals surface area contributed by atoms with Crippen LogP contribution >= 0.6 is 11.3 Å². The fourth-order valence-corrected chi connectivity index (χ4v) is 3.20. The SMILES string of the molecule is NC(=O)N1CCC[C@@H]1COC(=O)c1csc(Nc2ccccn2)n1. The topological polar surface area (TPSA) is 110 Å². The number of esters is 1. The minimum atomic E-state index is -0.517. The highest BCUT2D eigenvalue weighted by atomic mass is 32.1. The number of pyridine rings is 1. The summed E-state index contributed by atoms with van der Waals surface area (Å²) in [5.74, 6) is 0.131. The number of ether oxygens (including phenoxy) is 1. The zero-order chi connectivity index (χ0) is 16.9. The van der Waals surface area contributed by atoms with Gasteiger partial charge in [0.05, 0.1) is 6.04 Å². The van der Waals surface area contributed by atoms with E-state index in [2.05, 4.69) is 15.3 Å². The quantitative estimate of drug-likeness (QED) is 0.800. The van der Waals surface area contributed by atoms with Crippen molar-refractivity contribution in [3.8, 4) is 0 Å². The number of nitrogens with two attached hydrogens (primary N) is 1. The number of hydrogen-bond donors (Lipinski definition) is 2. The van der Waals surface area contributed by atoms with Gasteiger partial charge in [-0.3, -0.25) is 0 Å². The molecule has 2 aromatic rings. The van der Waals surface area contributed by atoms with E-state index in [1.165, 1.54) is 16.2 Å². The van der Waals surface area contributed by atoms with E-state index < -0.39 is 12.0 Å². The molecule has 1 aliphatic rings. The van der Waals surface area contributed by atoms with Crippen molar-refractivity contribution in [1.82, 2.24) is 14.9 Å². The van der Waals surface area contributed by atoms with Gasteiger partial charge in [0.1, 0.15) is 12.4 Å². The van der Waals surface area contributed by atoms with Gasteiger partial charge in [0, 0.05) is 18.1 Å². The van der Waals surface area contributed by atoms with Gasteiger partial charge in [-0.2, -0.15) is 0 Å². The van der Waals surface area contributed by atoms with Gasteiger partial charge in [0.25, 0.3) is 0 Å². The number of anilines is 2. The first-order chi connectivity index (χ1) is 11.6. The van der Waals surface area contributed by atoms with Crippen LogP contribution in [0.15, 0.2) is 29.8 Å². The van der Waals surface area contributed by atoms with Gasteiger partial charge in [-0.25, -0.2) is 19.6 Å². The first-order valence-corrected chi connectivity index (χ1v) is 8.38. The number of amides is 2. The lowest BCUT2D eigenvalue weighted by atomic mass is 10.2. The van der Waals surface area contributed by atoms with E-state index in [-0.39, 0.29) is 18.3 Å². The monoisotopic (exact) mass is 347 g/mol. The Morgan fingerprint density at radius 2 is 2.33 bits per heavy atom. The normalized spacial score (nSPS) is 16.8. The minimum absolute atomic E-state index is 0.127. The Kier molecular flexibility index (Phi) is 4.90. The summed E-state index contributed by atoms with van der Waals surface area (Å²) in [5.41, 5.74) is 5.53. The van der Waals surface area contributed by atoms with Gasteiger partial charge in [0.2, 0.25) is 0 Å². The highest BCUT2D eigenvalue weighted by molar-refractivity contribution is 7.14. The molecule has 0 spiro atoms. The Labute approximate surface area is 142 Å². The van der Waals surface area contributed by atoms with E-state index in [0.29, 0.717) is 17.5 Å². The summed E-state index contributed by atoms with van der Waals surface area (Å²) >= 11 is 1.29. The number of nitrogens with zero attached hydrogens (tertiary/aromatic N) is 3. The second-order valence-electron chi connectivity index (χ2n) is 5.30. The number of urea groups is 1. The maximum Gasteiger partial charge on any atom is 0.357 e. The van der Waals surface area contributed by atoms with E-state index >= 15 is 0 Å². The molecule has 2 aromatic heterocycles. The summed E-state index contributed by atoms with van der Waals surface area (Å²) in [6.07, 6.45) is 3.30. The first kappa shape index (κ1) is 16.2. The molecule has 3 N–H and O–H groups in total. The number of rotatable bonds is 5. The number of carbonyl (C=O) groups excluding carboxylic acids is 2. The molecule has 0 aliphatic carbocycles. The molecule has 24 heavy (non-hydrogen) atoms. The van der Waals surface area contributed by atoms with Crippen LogP contribution in [0.2, 0.25) is 0 Å². The third-order valence-corrected chi connectivity index (χ3v) is 4.44. The molecule has 8 nitrogen and oxygen atoms in total. The molecule has 1 saturated heterocycles. The molecule has 3 rings (SSSR count). The van der Waals surface area contributed by atoms with Gasteiger partial charge in [-0.05, 0) is 25.0 Å². The molecule has 126 valence electrons. The summed E-state index contributed by atoms with van der Waals surface area (Å²) < 4.78 is 5.27. The zero-order valence-corrected chi connectivity index (χ0v) is 13.7. The van der Waals surface area contributed by atoms with Crippen LogP contribution in [0.4, 0.5) is 15.7 Å². The van der Waals surface area contributed by atoms with E-state index in [9.17, 15) is 9.59 Å². The molecule has 1 fully saturated rings. The highest BCUT2D eigenvalue weighted by Gasteiger charge is 2.28. The molecule has 9 heteroatoms. The lowest BCUT2D eigenvalue weighted by Gasteiger charge is -2.21. The summed E-state index contributed by atoms with van der Waals surface area (Å²) in [5, 5.41) is 5.19. The third-order valence-electron chi connectivity index (χ3n) is 3.68. The fourth-order valence-electron chi connectivity index (χ4n) is 2.52. The fraction of sp³-hybridized carbons (Fsp3) is 0.333. The van der Waals surface area contributed by atoms with Crippen LogP contribution in [-0.2, 0) is 4.74 Å². The summed E-state index contributed by atoms with van der Waals surface area (Å²) in [4.78, 5) is 33.2. The minimum Gasteiger partial charge on any atom is -0.459 e. The molecule has 0 radical (unpaired) electrons. The molecule has 3 heterocycles. The average molecular weight is 347 g/mol. The van der Waals surface area contributed by atoms with Crippen molar-refractivity contribution < 1.29 is 14.3 Å². The molecule has 0 aromatic carbocycles. The van der Waals surface area contributed by atoms with Crippen molar-refractivity contribution in [1.29, 1.82) is 0 Å². The Bertz CT molecular complexity index is 721. The molecule has 0 unspecified atom stereocenters. The van der Waals surface area contributed by atoms with Crippen LogP contribution in [0.25, 0.3) is 0 Å². The number of thiazole rings is 1. The van der Waals surface area contributed by atoms with Crippen molar-refractivity contribution in [2.45, 2.75) is 18.9 Å². The van der Waals surface area contributed by atoms with Crippen LogP contribution in [0, 0.1) is 0 Å². The Morgan fingerprint density at radius 3 is 3.08 bits per heavy atom. The standard InChI is InChI=1S/C15H17N5O3S/c16-14(22)20-7-3-4-10(20)8-23-13(21)11-9-24-15(18-11)19-12-5-1-2-6-17-12/h1-2,5-6,9-10H,3-4,7-8H2,(H2,16,22)(H,17,18,19)/t10-/m1/s1. The molecule has 0 bridgehead atoms. The van der Waals surface area contributed by atoms with Crippen LogP contribution in [0.5, 0.6) is 0 Å². The molecule has 1 atom stereocenters. The van der Waals surface area contributed by atoms with Crippen LogP contribution < -0.4 is 11.1 Å². The van der Waals surface area contributed by atoms with Gasteiger partial charge in [0.15, 0.2) is 10.8 Å². The molecular formula is C15H17N5O3S. The van der Waals surface area contributed by atoms with Crippen LogP contribution in [-0.4, -0.2) is 46.1 Å². The van der Waals surface area contributed by atoms with Crippen molar-refractivity contribution in [3.63, 3.8) is 0 Å². The van der Waals surface area contributed by atoms with Crippen molar-refractivity contribution >= 4 is 34.3 Å². The van der Waals surface area contributed by atoms with E-state index in [1.807, 2.05) is 12.1 Å². The van der Waals surface area contributed by atoms with Crippen molar-refractivity contribution in [2.24, 2.45) is 5.73 Å². The third kappa shape index (κ3) is 3.80. The van der Waals surface area contributed by atoms with Gasteiger partial charge < -0.3 is 20.7 Å². The maximum atomic E-state index is 12.1. The number of carbonyl (C=O) groups is 2. The van der Waals surface area contributed by atoms with Gasteiger partial charge in [-0.15, -0.1) is 11.3 Å². The number of primary amides is 1. The number of aromatic nitrogens is 2. The van der Waals surface area contributed by atoms with E-state index in [1.54, 1.807) is 17.6 Å². The summed E-state index contributed by atoms with van der Waals surface area (Å²) in [6.45, 7) is 0.731. The van der Waals surface area contributed by atoms with Crippen LogP contribution in [0.3, 0.4) is 0 Å². The molecule has 1 aliphatic heterocycles. The average Bonchev–Trinajstić information content (AvgIpc) is 3.23. The molecule has 2 amide bonds. The largest absolute Gasteiger partial charge is 0.459 e. The zero-order valence-electron chi connectivity index (χ0n) is 12.8. The lowest BCUT2D eigenvalue weighted by molar-refractivity contribution is 0.0416. The first-order valence-electron chi connectivity index (χ1n) is 7.50. The van der Waals surface area contributed by atoms with E-state index in [0.717, 1.165) is 12.8 Å². The molecular weight excluding hydrogens is 330 g/mol. The lowest BCUT2D eigenvalue weighted by Crippen LogP contribution is -2.42. The Balaban J connectivity index is 1.55. The highest BCUT2D eigenvalue weighted by Crippen LogP contribution is 2.21. The number of nitrogens with one attached hydrogen (secondary N) is 1.